The van der Waals surface area contributed by atoms with Gasteiger partial charge in [-0.15, -0.1) is 0 Å². The summed E-state index contributed by atoms with van der Waals surface area (Å²) in [5, 5.41) is 2.78. The van der Waals surface area contributed by atoms with Crippen molar-refractivity contribution in [1.82, 2.24) is 4.90 Å². The normalized spacial score (nSPS) is 14.3. The quantitative estimate of drug-likeness (QED) is 0.309. The zero-order valence-electron chi connectivity index (χ0n) is 19.0. The first-order chi connectivity index (χ1) is 17.4. The number of carbonyl (C=O) groups excluding carboxylic acids is 3. The van der Waals surface area contributed by atoms with Crippen LogP contribution in [0.5, 0.6) is 11.5 Å². The number of nitrogens with zero attached hydrogens (tertiary/aromatic N) is 1. The van der Waals surface area contributed by atoms with Gasteiger partial charge in [0.2, 0.25) is 5.91 Å². The summed E-state index contributed by atoms with van der Waals surface area (Å²) < 4.78 is 12.0. The molecule has 1 N–H and O–H groups in total. The molecule has 0 unspecified atom stereocenters. The number of methoxy groups -OCH3 is 1. The second-order valence-electron chi connectivity index (χ2n) is 7.59. The van der Waals surface area contributed by atoms with E-state index < -0.39 is 17.1 Å². The van der Waals surface area contributed by atoms with E-state index in [2.05, 4.69) is 21.2 Å². The van der Waals surface area contributed by atoms with Gasteiger partial charge in [-0.3, -0.25) is 19.3 Å². The number of imide groups is 1. The number of thioether (sulfide) groups is 1. The first kappa shape index (κ1) is 25.8. The highest BCUT2D eigenvalue weighted by atomic mass is 79.9. The standard InChI is InChI=1S/C26H20BrClN2O5S/c1-34-22-12-16(10-11-21(22)35-15-17-6-2-4-8-19(17)28)13-23-25(32)30(26(33)36-23)14-24(31)29-20-9-5-3-7-18(20)27/h2-13H,14-15H2,1H3,(H,29,31)/b23-13+. The lowest BCUT2D eigenvalue weighted by Crippen LogP contribution is -2.36. The molecule has 0 saturated carbocycles. The largest absolute Gasteiger partial charge is 0.493 e. The van der Waals surface area contributed by atoms with Crippen LogP contribution in [0.15, 0.2) is 76.1 Å². The molecule has 36 heavy (non-hydrogen) atoms. The van der Waals surface area contributed by atoms with Crippen LogP contribution in [0.1, 0.15) is 11.1 Å². The van der Waals surface area contributed by atoms with Crippen LogP contribution in [0.3, 0.4) is 0 Å². The lowest BCUT2D eigenvalue weighted by Gasteiger charge is -2.13. The molecule has 4 rings (SSSR count). The third-order valence-electron chi connectivity index (χ3n) is 5.15. The Kier molecular flexibility index (Phi) is 8.35. The zero-order valence-corrected chi connectivity index (χ0v) is 22.2. The molecule has 1 fully saturated rings. The number of hydrogen-bond acceptors (Lipinski definition) is 6. The number of hydrogen-bond donors (Lipinski definition) is 1. The number of amides is 3. The topological polar surface area (TPSA) is 84.9 Å². The second kappa shape index (κ2) is 11.6. The fourth-order valence-electron chi connectivity index (χ4n) is 3.35. The summed E-state index contributed by atoms with van der Waals surface area (Å²) in [5.74, 6) is -0.0494. The van der Waals surface area contributed by atoms with Gasteiger partial charge in [0.05, 0.1) is 17.7 Å². The van der Waals surface area contributed by atoms with E-state index in [4.69, 9.17) is 21.1 Å². The molecule has 7 nitrogen and oxygen atoms in total. The Hall–Kier alpha value is -3.27. The Morgan fingerprint density at radius 1 is 1.08 bits per heavy atom. The number of anilines is 1. The van der Waals surface area contributed by atoms with E-state index in [1.807, 2.05) is 24.3 Å². The number of benzene rings is 3. The minimum atomic E-state index is -0.537. The van der Waals surface area contributed by atoms with Crippen LogP contribution in [0, 0.1) is 0 Å². The third kappa shape index (κ3) is 6.10. The van der Waals surface area contributed by atoms with Crippen molar-refractivity contribution in [2.45, 2.75) is 6.61 Å². The Balaban J connectivity index is 1.44. The summed E-state index contributed by atoms with van der Waals surface area (Å²) in [6.07, 6.45) is 1.58. The number of carbonyl (C=O) groups is 3. The molecular weight excluding hydrogens is 568 g/mol. The molecule has 0 bridgehead atoms. The van der Waals surface area contributed by atoms with E-state index >= 15 is 0 Å². The number of rotatable bonds is 8. The molecule has 0 spiro atoms. The number of halogens is 2. The second-order valence-corrected chi connectivity index (χ2v) is 9.84. The van der Waals surface area contributed by atoms with Crippen LogP contribution < -0.4 is 14.8 Å². The average molecular weight is 588 g/mol. The summed E-state index contributed by atoms with van der Waals surface area (Å²) >= 11 is 10.3. The molecule has 1 heterocycles. The van der Waals surface area contributed by atoms with E-state index in [0.717, 1.165) is 22.2 Å². The number of ether oxygens (including phenoxy) is 2. The highest BCUT2D eigenvalue weighted by molar-refractivity contribution is 9.10. The van der Waals surface area contributed by atoms with Crippen molar-refractivity contribution >= 4 is 68.1 Å². The SMILES string of the molecule is COc1cc(/C=C2/SC(=O)N(CC(=O)Nc3ccccc3Br)C2=O)ccc1OCc1ccccc1Cl. The summed E-state index contributed by atoms with van der Waals surface area (Å²) in [6.45, 7) is -0.128. The summed E-state index contributed by atoms with van der Waals surface area (Å²) in [7, 11) is 1.51. The van der Waals surface area contributed by atoms with Crippen molar-refractivity contribution in [1.29, 1.82) is 0 Å². The maximum atomic E-state index is 12.8. The zero-order chi connectivity index (χ0) is 25.7. The average Bonchev–Trinajstić information content (AvgIpc) is 3.12. The fourth-order valence-corrected chi connectivity index (χ4v) is 4.76. The Morgan fingerprint density at radius 2 is 1.83 bits per heavy atom. The first-order valence-corrected chi connectivity index (χ1v) is 12.7. The van der Waals surface area contributed by atoms with Crippen LogP contribution in [-0.2, 0) is 16.2 Å². The predicted molar refractivity (Wildman–Crippen MR) is 144 cm³/mol. The van der Waals surface area contributed by atoms with E-state index in [0.29, 0.717) is 32.2 Å². The number of nitrogens with one attached hydrogen (secondary N) is 1. The van der Waals surface area contributed by atoms with Gasteiger partial charge in [0.1, 0.15) is 13.2 Å². The van der Waals surface area contributed by atoms with Gasteiger partial charge in [0, 0.05) is 15.1 Å². The summed E-state index contributed by atoms with van der Waals surface area (Å²) in [4.78, 5) is 38.9. The third-order valence-corrected chi connectivity index (χ3v) is 7.12. The molecule has 10 heteroatoms. The van der Waals surface area contributed by atoms with Crippen molar-refractivity contribution in [3.8, 4) is 11.5 Å². The van der Waals surface area contributed by atoms with E-state index in [9.17, 15) is 14.4 Å². The molecule has 3 aromatic carbocycles. The smallest absolute Gasteiger partial charge is 0.294 e. The van der Waals surface area contributed by atoms with Gasteiger partial charge in [0.25, 0.3) is 11.1 Å². The molecule has 1 aliphatic rings. The fraction of sp³-hybridized carbons (Fsp3) is 0.115. The molecule has 1 aliphatic heterocycles. The van der Waals surface area contributed by atoms with E-state index in [-0.39, 0.29) is 18.1 Å². The minimum absolute atomic E-state index is 0.209. The molecule has 184 valence electrons. The van der Waals surface area contributed by atoms with Gasteiger partial charge in [-0.2, -0.15) is 0 Å². The Bertz CT molecular complexity index is 1360. The van der Waals surface area contributed by atoms with Crippen molar-refractivity contribution in [3.63, 3.8) is 0 Å². The van der Waals surface area contributed by atoms with Crippen molar-refractivity contribution < 1.29 is 23.9 Å². The lowest BCUT2D eigenvalue weighted by atomic mass is 10.1. The van der Waals surface area contributed by atoms with Crippen LogP contribution >= 0.6 is 39.3 Å². The van der Waals surface area contributed by atoms with Crippen LogP contribution in [0.25, 0.3) is 6.08 Å². The molecule has 0 atom stereocenters. The van der Waals surface area contributed by atoms with Gasteiger partial charge in [-0.1, -0.05) is 48.0 Å². The van der Waals surface area contributed by atoms with Crippen LogP contribution in [0.4, 0.5) is 10.5 Å². The predicted octanol–water partition coefficient (Wildman–Crippen LogP) is 6.37. The molecule has 1 saturated heterocycles. The Labute approximate surface area is 225 Å². The van der Waals surface area contributed by atoms with Gasteiger partial charge >= 0.3 is 0 Å². The monoisotopic (exact) mass is 586 g/mol. The molecule has 3 aromatic rings. The van der Waals surface area contributed by atoms with Gasteiger partial charge in [0.15, 0.2) is 11.5 Å². The summed E-state index contributed by atoms with van der Waals surface area (Å²) in [6, 6.07) is 19.6. The molecule has 3 amide bonds. The highest BCUT2D eigenvalue weighted by Crippen LogP contribution is 2.35. The number of para-hydroxylation sites is 1. The first-order valence-electron chi connectivity index (χ1n) is 10.7. The van der Waals surface area contributed by atoms with Gasteiger partial charge in [-0.05, 0) is 69.7 Å². The van der Waals surface area contributed by atoms with E-state index in [1.54, 1.807) is 48.5 Å². The van der Waals surface area contributed by atoms with Crippen molar-refractivity contribution in [3.05, 3.63) is 92.3 Å². The Morgan fingerprint density at radius 3 is 2.58 bits per heavy atom. The van der Waals surface area contributed by atoms with Crippen molar-refractivity contribution in [2.75, 3.05) is 19.0 Å². The minimum Gasteiger partial charge on any atom is -0.493 e. The lowest BCUT2D eigenvalue weighted by molar-refractivity contribution is -0.127. The molecule has 0 aromatic heterocycles. The van der Waals surface area contributed by atoms with Crippen LogP contribution in [0.2, 0.25) is 5.02 Å². The maximum absolute atomic E-state index is 12.8. The molecule has 0 aliphatic carbocycles. The maximum Gasteiger partial charge on any atom is 0.294 e. The highest BCUT2D eigenvalue weighted by Gasteiger charge is 2.36. The summed E-state index contributed by atoms with van der Waals surface area (Å²) in [5.41, 5.74) is 2.02. The van der Waals surface area contributed by atoms with Crippen molar-refractivity contribution in [2.24, 2.45) is 0 Å². The van der Waals surface area contributed by atoms with Crippen LogP contribution in [-0.4, -0.2) is 35.6 Å². The van der Waals surface area contributed by atoms with E-state index in [1.165, 1.54) is 7.11 Å². The molecular formula is C26H20BrClN2O5S. The van der Waals surface area contributed by atoms with Gasteiger partial charge in [-0.25, -0.2) is 0 Å². The van der Waals surface area contributed by atoms with Gasteiger partial charge < -0.3 is 14.8 Å². The molecule has 0 radical (unpaired) electrons.